The Morgan fingerprint density at radius 3 is 2.62 bits per heavy atom. The van der Waals surface area contributed by atoms with E-state index in [-0.39, 0.29) is 11.4 Å². The Balaban J connectivity index is 1.54. The normalized spacial score (nSPS) is 47.7. The zero-order chi connectivity index (χ0) is 21.0. The first kappa shape index (κ1) is 21.4. The second-order valence-corrected chi connectivity index (χ2v) is 11.7. The van der Waals surface area contributed by atoms with Crippen LogP contribution in [-0.2, 0) is 14.3 Å². The summed E-state index contributed by atoms with van der Waals surface area (Å²) in [5.74, 6) is 4.89. The molecule has 0 aromatic rings. The maximum atomic E-state index is 13.8. The summed E-state index contributed by atoms with van der Waals surface area (Å²) >= 11 is 0. The van der Waals surface area contributed by atoms with E-state index in [2.05, 4.69) is 27.7 Å². The summed E-state index contributed by atoms with van der Waals surface area (Å²) in [6, 6.07) is 0. The number of ketones is 1. The quantitative estimate of drug-likeness (QED) is 0.538. The summed E-state index contributed by atoms with van der Waals surface area (Å²) in [5.41, 5.74) is 0.225. The van der Waals surface area contributed by atoms with Crippen molar-refractivity contribution in [3.8, 4) is 0 Å². The van der Waals surface area contributed by atoms with Crippen LogP contribution in [0.5, 0.6) is 0 Å². The van der Waals surface area contributed by atoms with Crippen molar-refractivity contribution in [2.24, 2.45) is 52.3 Å². The SMILES string of the molecule is COC(=O)CC[C@@H](C)[C@H]1CCC2C3CC[C@@H]4C[C@H](C)CC[C@]4(C)C3CC(=O)[C@@]21C. The molecular formula is C26H42O3. The third kappa shape index (κ3) is 3.30. The average Bonchev–Trinajstić information content (AvgIpc) is 3.06. The van der Waals surface area contributed by atoms with Gasteiger partial charge in [0.1, 0.15) is 5.78 Å². The van der Waals surface area contributed by atoms with Crippen molar-refractivity contribution >= 4 is 11.8 Å². The first-order valence-electron chi connectivity index (χ1n) is 12.3. The van der Waals surface area contributed by atoms with Crippen LogP contribution in [0.3, 0.4) is 0 Å². The number of rotatable bonds is 4. The van der Waals surface area contributed by atoms with Gasteiger partial charge in [0.25, 0.3) is 0 Å². The van der Waals surface area contributed by atoms with Gasteiger partial charge < -0.3 is 4.74 Å². The minimum absolute atomic E-state index is 0.121. The van der Waals surface area contributed by atoms with E-state index < -0.39 is 0 Å². The van der Waals surface area contributed by atoms with Crippen molar-refractivity contribution in [1.82, 2.24) is 0 Å². The van der Waals surface area contributed by atoms with E-state index in [1.54, 1.807) is 0 Å². The van der Waals surface area contributed by atoms with E-state index in [1.807, 2.05) is 0 Å². The lowest BCUT2D eigenvalue weighted by molar-refractivity contribution is -0.158. The lowest BCUT2D eigenvalue weighted by Gasteiger charge is -2.60. The molecule has 0 amide bonds. The average molecular weight is 403 g/mol. The van der Waals surface area contributed by atoms with Crippen molar-refractivity contribution in [2.75, 3.05) is 7.11 Å². The van der Waals surface area contributed by atoms with Gasteiger partial charge in [-0.3, -0.25) is 9.59 Å². The molecule has 0 N–H and O–H groups in total. The van der Waals surface area contributed by atoms with Crippen LogP contribution < -0.4 is 0 Å². The Labute approximate surface area is 177 Å². The van der Waals surface area contributed by atoms with Gasteiger partial charge in [-0.15, -0.1) is 0 Å². The summed E-state index contributed by atoms with van der Waals surface area (Å²) < 4.78 is 4.85. The van der Waals surface area contributed by atoms with Crippen molar-refractivity contribution in [1.29, 1.82) is 0 Å². The fourth-order valence-corrected chi connectivity index (χ4v) is 8.77. The van der Waals surface area contributed by atoms with Crippen molar-refractivity contribution in [2.45, 2.75) is 91.9 Å². The van der Waals surface area contributed by atoms with Crippen LogP contribution in [0.15, 0.2) is 0 Å². The van der Waals surface area contributed by atoms with Gasteiger partial charge in [-0.2, -0.15) is 0 Å². The molecule has 3 nitrogen and oxygen atoms in total. The highest BCUT2D eigenvalue weighted by Crippen LogP contribution is 2.67. The number of ether oxygens (including phenoxy) is 1. The monoisotopic (exact) mass is 402 g/mol. The van der Waals surface area contributed by atoms with Crippen LogP contribution in [-0.4, -0.2) is 18.9 Å². The van der Waals surface area contributed by atoms with Crippen LogP contribution >= 0.6 is 0 Å². The standard InChI is InChI=1S/C26H42O3/c1-16-12-13-25(3)18(14-16)7-8-19-21-10-9-20(17(2)6-11-24(28)29-5)26(21,4)23(27)15-22(19)25/h16-22H,6-15H2,1-5H3/t16-,17-,18-,19?,20-,21?,22?,25+,26-/m1/s1. The fraction of sp³-hybridized carbons (Fsp3) is 0.923. The molecule has 0 aromatic heterocycles. The molecule has 4 saturated carbocycles. The first-order valence-corrected chi connectivity index (χ1v) is 12.3. The number of Topliss-reactive ketones (excluding diaryl/α,β-unsaturated/α-hetero) is 1. The molecule has 0 radical (unpaired) electrons. The lowest BCUT2D eigenvalue weighted by atomic mass is 9.43. The van der Waals surface area contributed by atoms with E-state index in [0.717, 1.165) is 37.0 Å². The van der Waals surface area contributed by atoms with Crippen LogP contribution in [0, 0.1) is 52.3 Å². The van der Waals surface area contributed by atoms with Gasteiger partial charge in [-0.25, -0.2) is 0 Å². The maximum Gasteiger partial charge on any atom is 0.305 e. The van der Waals surface area contributed by atoms with Gasteiger partial charge in [0.15, 0.2) is 0 Å². The van der Waals surface area contributed by atoms with Crippen molar-refractivity contribution < 1.29 is 14.3 Å². The second kappa shape index (κ2) is 7.68. The minimum atomic E-state index is -0.165. The predicted molar refractivity (Wildman–Crippen MR) is 115 cm³/mol. The van der Waals surface area contributed by atoms with Crippen molar-refractivity contribution in [3.63, 3.8) is 0 Å². The molecule has 0 spiro atoms. The van der Waals surface area contributed by atoms with Gasteiger partial charge in [-0.1, -0.05) is 34.1 Å². The molecular weight excluding hydrogens is 360 g/mol. The molecule has 4 rings (SSSR count). The van der Waals surface area contributed by atoms with E-state index in [9.17, 15) is 9.59 Å². The summed E-state index contributed by atoms with van der Waals surface area (Å²) in [6.07, 6.45) is 11.3. The second-order valence-electron chi connectivity index (χ2n) is 11.7. The van der Waals surface area contributed by atoms with Gasteiger partial charge in [0.05, 0.1) is 7.11 Å². The van der Waals surface area contributed by atoms with Gasteiger partial charge in [0.2, 0.25) is 0 Å². The number of methoxy groups -OCH3 is 1. The Morgan fingerprint density at radius 1 is 1.14 bits per heavy atom. The molecule has 29 heavy (non-hydrogen) atoms. The number of carbonyl (C=O) groups is 2. The number of esters is 1. The van der Waals surface area contributed by atoms with Crippen LogP contribution in [0.25, 0.3) is 0 Å². The molecule has 0 heterocycles. The number of carbonyl (C=O) groups excluding carboxylic acids is 2. The summed E-state index contributed by atoms with van der Waals surface area (Å²) in [5, 5.41) is 0. The molecule has 0 aliphatic heterocycles. The molecule has 4 fully saturated rings. The molecule has 3 heteroatoms. The van der Waals surface area contributed by atoms with Crippen LogP contribution in [0.1, 0.15) is 91.9 Å². The van der Waals surface area contributed by atoms with Gasteiger partial charge in [-0.05, 0) is 91.8 Å². The third-order valence-electron chi connectivity index (χ3n) is 10.6. The van der Waals surface area contributed by atoms with E-state index in [1.165, 1.54) is 45.6 Å². The largest absolute Gasteiger partial charge is 0.469 e. The van der Waals surface area contributed by atoms with Crippen molar-refractivity contribution in [3.05, 3.63) is 0 Å². The smallest absolute Gasteiger partial charge is 0.305 e. The Hall–Kier alpha value is -0.860. The van der Waals surface area contributed by atoms with Gasteiger partial charge in [0, 0.05) is 18.3 Å². The molecule has 4 aliphatic carbocycles. The first-order chi connectivity index (χ1) is 13.7. The number of fused-ring (bicyclic) bond motifs is 5. The molecule has 4 aliphatic rings. The molecule has 9 atom stereocenters. The summed E-state index contributed by atoms with van der Waals surface area (Å²) in [6.45, 7) is 9.54. The Morgan fingerprint density at radius 2 is 1.90 bits per heavy atom. The topological polar surface area (TPSA) is 43.4 Å². The number of hydrogen-bond donors (Lipinski definition) is 0. The zero-order valence-electron chi connectivity index (χ0n) is 19.3. The fourth-order valence-electron chi connectivity index (χ4n) is 8.77. The zero-order valence-corrected chi connectivity index (χ0v) is 19.3. The molecule has 3 unspecified atom stereocenters. The van der Waals surface area contributed by atoms with E-state index >= 15 is 0 Å². The highest BCUT2D eigenvalue weighted by Gasteiger charge is 2.63. The minimum Gasteiger partial charge on any atom is -0.469 e. The lowest BCUT2D eigenvalue weighted by Crippen LogP contribution is -2.57. The molecule has 0 aromatic carbocycles. The Kier molecular flexibility index (Phi) is 5.66. The molecule has 164 valence electrons. The predicted octanol–water partition coefficient (Wildman–Crippen LogP) is 6.05. The molecule has 0 bridgehead atoms. The van der Waals surface area contributed by atoms with Crippen LogP contribution in [0.2, 0.25) is 0 Å². The highest BCUT2D eigenvalue weighted by atomic mass is 16.5. The maximum absolute atomic E-state index is 13.8. The van der Waals surface area contributed by atoms with Crippen LogP contribution in [0.4, 0.5) is 0 Å². The summed E-state index contributed by atoms with van der Waals surface area (Å²) in [7, 11) is 1.47. The highest BCUT2D eigenvalue weighted by molar-refractivity contribution is 5.87. The summed E-state index contributed by atoms with van der Waals surface area (Å²) in [4.78, 5) is 25.4. The van der Waals surface area contributed by atoms with E-state index in [4.69, 9.17) is 4.74 Å². The van der Waals surface area contributed by atoms with E-state index in [0.29, 0.717) is 41.3 Å². The third-order valence-corrected chi connectivity index (χ3v) is 10.6. The Bertz CT molecular complexity index is 656. The number of hydrogen-bond acceptors (Lipinski definition) is 3. The molecule has 0 saturated heterocycles. The van der Waals surface area contributed by atoms with Gasteiger partial charge >= 0.3 is 5.97 Å².